The van der Waals surface area contributed by atoms with Crippen LogP contribution < -0.4 is 14.2 Å². The lowest BCUT2D eigenvalue weighted by Gasteiger charge is -2.23. The van der Waals surface area contributed by atoms with Crippen molar-refractivity contribution in [2.45, 2.75) is 39.4 Å². The lowest BCUT2D eigenvalue weighted by Crippen LogP contribution is -2.33. The van der Waals surface area contributed by atoms with E-state index in [1.165, 1.54) is 14.2 Å². The second-order valence-corrected chi connectivity index (χ2v) is 9.89. The van der Waals surface area contributed by atoms with Gasteiger partial charge in [0.25, 0.3) is 0 Å². The number of fused-ring (bicyclic) bond motifs is 1. The Bertz CT molecular complexity index is 996. The van der Waals surface area contributed by atoms with Crippen LogP contribution in [0.15, 0.2) is 12.1 Å². The van der Waals surface area contributed by atoms with E-state index in [4.69, 9.17) is 9.47 Å². The first-order valence-electron chi connectivity index (χ1n) is 10.2. The lowest BCUT2D eigenvalue weighted by atomic mass is 10.1. The van der Waals surface area contributed by atoms with Gasteiger partial charge in [0.1, 0.15) is 5.82 Å². The molecular weight excluding hydrogens is 422 g/mol. The Labute approximate surface area is 183 Å². The Kier molecular flexibility index (Phi) is 7.07. The van der Waals surface area contributed by atoms with Gasteiger partial charge in [0, 0.05) is 32.6 Å². The van der Waals surface area contributed by atoms with E-state index in [-0.39, 0.29) is 11.7 Å². The molecule has 0 saturated heterocycles. The number of methoxy groups -OCH3 is 2. The molecule has 2 aromatic rings. The first-order chi connectivity index (χ1) is 14.6. The van der Waals surface area contributed by atoms with Crippen molar-refractivity contribution in [3.63, 3.8) is 0 Å². The van der Waals surface area contributed by atoms with E-state index in [0.717, 1.165) is 30.7 Å². The highest BCUT2D eigenvalue weighted by Gasteiger charge is 2.28. The minimum atomic E-state index is -3.38. The topological polar surface area (TPSA) is 119 Å². The number of hydrogen-bond donors (Lipinski definition) is 2. The summed E-state index contributed by atoms with van der Waals surface area (Å²) in [7, 11) is -0.369. The van der Waals surface area contributed by atoms with Gasteiger partial charge in [-0.15, -0.1) is 10.2 Å². The van der Waals surface area contributed by atoms with Gasteiger partial charge < -0.3 is 19.1 Å². The SMILES string of the molecule is COc1cc(CN2CCc3nnc(C(NS(C)(=O)=O)C(C)C)n3CC2)cc(OC)c1O. The fourth-order valence-electron chi connectivity index (χ4n) is 3.79. The summed E-state index contributed by atoms with van der Waals surface area (Å²) in [5, 5.41) is 18.8. The molecule has 1 aromatic heterocycles. The number of hydrogen-bond acceptors (Lipinski definition) is 8. The van der Waals surface area contributed by atoms with Gasteiger partial charge >= 0.3 is 0 Å². The van der Waals surface area contributed by atoms with E-state index in [1.807, 2.05) is 18.4 Å². The minimum Gasteiger partial charge on any atom is -0.502 e. The van der Waals surface area contributed by atoms with Gasteiger partial charge in [-0.1, -0.05) is 13.8 Å². The molecule has 10 nitrogen and oxygen atoms in total. The molecule has 0 radical (unpaired) electrons. The molecular formula is C20H31N5O5S. The maximum Gasteiger partial charge on any atom is 0.209 e. The summed E-state index contributed by atoms with van der Waals surface area (Å²) in [5.41, 5.74) is 0.961. The van der Waals surface area contributed by atoms with Crippen LogP contribution in [-0.4, -0.2) is 66.8 Å². The normalized spacial score (nSPS) is 16.1. The number of nitrogens with zero attached hydrogens (tertiary/aromatic N) is 4. The number of rotatable bonds is 8. The molecule has 31 heavy (non-hydrogen) atoms. The average molecular weight is 454 g/mol. The maximum absolute atomic E-state index is 11.8. The van der Waals surface area contributed by atoms with Crippen LogP contribution in [0.4, 0.5) is 0 Å². The first-order valence-corrected chi connectivity index (χ1v) is 12.1. The molecule has 1 atom stereocenters. The molecule has 0 bridgehead atoms. The summed E-state index contributed by atoms with van der Waals surface area (Å²) in [6, 6.07) is 3.17. The fraction of sp³-hybridized carbons (Fsp3) is 0.600. The van der Waals surface area contributed by atoms with E-state index in [0.29, 0.717) is 36.8 Å². The van der Waals surface area contributed by atoms with Gasteiger partial charge in [0.2, 0.25) is 15.8 Å². The van der Waals surface area contributed by atoms with Crippen molar-refractivity contribution < 1.29 is 23.0 Å². The van der Waals surface area contributed by atoms with Crippen LogP contribution in [0.5, 0.6) is 17.2 Å². The molecule has 1 aliphatic rings. The van der Waals surface area contributed by atoms with Crippen LogP contribution in [0.2, 0.25) is 0 Å². The zero-order valence-electron chi connectivity index (χ0n) is 18.6. The summed E-state index contributed by atoms with van der Waals surface area (Å²) in [6.45, 7) is 6.73. The molecule has 0 amide bonds. The number of phenols is 1. The highest BCUT2D eigenvalue weighted by Crippen LogP contribution is 2.37. The average Bonchev–Trinajstić information content (AvgIpc) is 3.00. The number of benzene rings is 1. The molecule has 172 valence electrons. The predicted molar refractivity (Wildman–Crippen MR) is 116 cm³/mol. The fourth-order valence-corrected chi connectivity index (χ4v) is 4.63. The van der Waals surface area contributed by atoms with Gasteiger partial charge in [0.05, 0.1) is 26.5 Å². The van der Waals surface area contributed by atoms with Crippen LogP contribution in [0.25, 0.3) is 0 Å². The number of phenolic OH excluding ortho intramolecular Hbond substituents is 1. The monoisotopic (exact) mass is 453 g/mol. The summed E-state index contributed by atoms with van der Waals surface area (Å²) in [4.78, 5) is 2.28. The van der Waals surface area contributed by atoms with Gasteiger partial charge in [-0.25, -0.2) is 13.1 Å². The van der Waals surface area contributed by atoms with Crippen molar-refractivity contribution in [2.75, 3.05) is 33.6 Å². The molecule has 2 N–H and O–H groups in total. The third-order valence-corrected chi connectivity index (χ3v) is 6.06. The molecule has 1 aromatic carbocycles. The standard InChI is InChI=1S/C20H31N5O5S/c1-13(2)18(23-31(5,27)28)20-22-21-17-6-7-24(8-9-25(17)20)12-14-10-15(29-3)19(26)16(11-14)30-4/h10-11,13,18,23,26H,6-9,12H2,1-5H3. The van der Waals surface area contributed by atoms with Gasteiger partial charge in [0.15, 0.2) is 17.3 Å². The first kappa shape index (κ1) is 23.3. The number of ether oxygens (including phenoxy) is 2. The smallest absolute Gasteiger partial charge is 0.209 e. The third-order valence-electron chi connectivity index (χ3n) is 5.38. The maximum atomic E-state index is 11.8. The van der Waals surface area contributed by atoms with Gasteiger partial charge in [-0.2, -0.15) is 0 Å². The van der Waals surface area contributed by atoms with Gasteiger partial charge in [-0.05, 0) is 23.6 Å². The van der Waals surface area contributed by atoms with Crippen LogP contribution in [0, 0.1) is 5.92 Å². The lowest BCUT2D eigenvalue weighted by molar-refractivity contribution is 0.267. The van der Waals surface area contributed by atoms with Gasteiger partial charge in [-0.3, -0.25) is 4.90 Å². The van der Waals surface area contributed by atoms with Crippen molar-refractivity contribution in [1.29, 1.82) is 0 Å². The van der Waals surface area contributed by atoms with E-state index in [2.05, 4.69) is 19.8 Å². The summed E-state index contributed by atoms with van der Waals surface area (Å²) < 4.78 is 38.9. The zero-order chi connectivity index (χ0) is 22.8. The second-order valence-electron chi connectivity index (χ2n) is 8.11. The third kappa shape index (κ3) is 5.46. The Morgan fingerprint density at radius 1 is 1.13 bits per heavy atom. The molecule has 0 aliphatic carbocycles. The summed E-state index contributed by atoms with van der Waals surface area (Å²) in [5.74, 6) is 2.24. The molecule has 11 heteroatoms. The largest absolute Gasteiger partial charge is 0.502 e. The molecule has 0 saturated carbocycles. The molecule has 1 unspecified atom stereocenters. The van der Waals surface area contributed by atoms with Crippen molar-refractivity contribution >= 4 is 10.0 Å². The van der Waals surface area contributed by atoms with E-state index >= 15 is 0 Å². The van der Waals surface area contributed by atoms with Crippen molar-refractivity contribution in [1.82, 2.24) is 24.4 Å². The molecule has 3 rings (SSSR count). The van der Waals surface area contributed by atoms with Crippen LogP contribution in [0.1, 0.15) is 37.1 Å². The Balaban J connectivity index is 1.78. The number of sulfonamides is 1. The molecule has 2 heterocycles. The van der Waals surface area contributed by atoms with E-state index < -0.39 is 16.1 Å². The number of nitrogens with one attached hydrogen (secondary N) is 1. The molecule has 1 aliphatic heterocycles. The highest BCUT2D eigenvalue weighted by molar-refractivity contribution is 7.88. The van der Waals surface area contributed by atoms with Crippen molar-refractivity contribution in [3.8, 4) is 17.2 Å². The van der Waals surface area contributed by atoms with Crippen molar-refractivity contribution in [3.05, 3.63) is 29.3 Å². The zero-order valence-corrected chi connectivity index (χ0v) is 19.4. The van der Waals surface area contributed by atoms with Crippen LogP contribution in [0.3, 0.4) is 0 Å². The number of aromatic hydroxyl groups is 1. The summed E-state index contributed by atoms with van der Waals surface area (Å²) in [6.07, 6.45) is 1.85. The Morgan fingerprint density at radius 3 is 2.32 bits per heavy atom. The minimum absolute atomic E-state index is 0.0152. The van der Waals surface area contributed by atoms with Crippen LogP contribution in [-0.2, 0) is 29.5 Å². The molecule has 0 fully saturated rings. The summed E-state index contributed by atoms with van der Waals surface area (Å²) >= 11 is 0. The Morgan fingerprint density at radius 2 is 1.77 bits per heavy atom. The Hall–Kier alpha value is -2.37. The number of aromatic nitrogens is 3. The highest BCUT2D eigenvalue weighted by atomic mass is 32.2. The van der Waals surface area contributed by atoms with Crippen molar-refractivity contribution in [2.24, 2.45) is 5.92 Å². The van der Waals surface area contributed by atoms with Crippen LogP contribution >= 0.6 is 0 Å². The predicted octanol–water partition coefficient (Wildman–Crippen LogP) is 1.31. The van der Waals surface area contributed by atoms with E-state index in [9.17, 15) is 13.5 Å². The van der Waals surface area contributed by atoms with E-state index in [1.54, 1.807) is 12.1 Å². The quantitative estimate of drug-likeness (QED) is 0.614. The second kappa shape index (κ2) is 9.41. The molecule has 0 spiro atoms.